The summed E-state index contributed by atoms with van der Waals surface area (Å²) in [6.45, 7) is 4.56. The molecule has 170 valence electrons. The van der Waals surface area contributed by atoms with E-state index < -0.39 is 23.1 Å². The molecule has 1 aromatic carbocycles. The monoisotopic (exact) mass is 447 g/mol. The maximum Gasteiger partial charge on any atom is 0.243 e. The van der Waals surface area contributed by atoms with Crippen LogP contribution in [0, 0.1) is 11.8 Å². The predicted molar refractivity (Wildman–Crippen MR) is 122 cm³/mol. The molecule has 1 aliphatic heterocycles. The van der Waals surface area contributed by atoms with Gasteiger partial charge in [-0.25, -0.2) is 0 Å². The number of piperidine rings is 1. The predicted octanol–water partition coefficient (Wildman–Crippen LogP) is 2.01. The third kappa shape index (κ3) is 8.73. The Morgan fingerprint density at radius 3 is 2.45 bits per heavy atom. The largest absolute Gasteiger partial charge is 0.356 e. The molecule has 1 fully saturated rings. The number of carbonyl (C=O) groups is 4. The van der Waals surface area contributed by atoms with Crippen molar-refractivity contribution in [1.82, 2.24) is 16.0 Å². The number of nitrogens with one attached hydrogen (secondary N) is 3. The smallest absolute Gasteiger partial charge is 0.243 e. The standard InChI is InChI=1S/C23H33N3O4S/c1-15(2)13-18(25-20(27)11-10-16-7-4-3-5-8-16)22(29)26-19(23(30)31)14-17-9-6-12-24-21(17)28/h3-5,7-8,15,17-19H,6,9-14H2,1-2H3,(H,24,28)(H,25,27)(H,26,29)(H,30,31)/t17-,18-,19-/m0/s1. The average molecular weight is 448 g/mol. The average Bonchev–Trinajstić information content (AvgIpc) is 2.73. The van der Waals surface area contributed by atoms with Crippen molar-refractivity contribution in [2.45, 2.75) is 64.5 Å². The number of amides is 3. The molecule has 1 aliphatic rings. The van der Waals surface area contributed by atoms with E-state index in [-0.39, 0.29) is 36.5 Å². The Morgan fingerprint density at radius 1 is 1.13 bits per heavy atom. The van der Waals surface area contributed by atoms with Crippen molar-refractivity contribution in [3.8, 4) is 0 Å². The molecule has 0 aliphatic carbocycles. The second-order valence-electron chi connectivity index (χ2n) is 8.50. The molecule has 31 heavy (non-hydrogen) atoms. The molecular weight excluding hydrogens is 414 g/mol. The fraction of sp³-hybridized carbons (Fsp3) is 0.565. The lowest BCUT2D eigenvalue weighted by molar-refractivity contribution is -0.131. The molecule has 2 rings (SSSR count). The van der Waals surface area contributed by atoms with Crippen LogP contribution in [0.3, 0.4) is 0 Å². The highest BCUT2D eigenvalue weighted by atomic mass is 32.1. The minimum absolute atomic E-state index is 0.104. The lowest BCUT2D eigenvalue weighted by Gasteiger charge is -2.27. The highest BCUT2D eigenvalue weighted by Crippen LogP contribution is 2.19. The Labute approximate surface area is 189 Å². The Bertz CT molecular complexity index is 769. The zero-order valence-corrected chi connectivity index (χ0v) is 19.1. The SMILES string of the molecule is CC(C)C[C@H](NC(=O)CCc1ccccc1)C(=O)N[C@@H](C[C@@H]1CCCNC1=O)C(=O)S. The second-order valence-corrected chi connectivity index (χ2v) is 8.94. The normalized spacial score (nSPS) is 18.1. The first-order chi connectivity index (χ1) is 14.8. The van der Waals surface area contributed by atoms with Crippen molar-refractivity contribution >= 4 is 35.5 Å². The van der Waals surface area contributed by atoms with Crippen molar-refractivity contribution in [2.24, 2.45) is 11.8 Å². The van der Waals surface area contributed by atoms with Crippen LogP contribution >= 0.6 is 12.6 Å². The van der Waals surface area contributed by atoms with Crippen LogP contribution in [0.15, 0.2) is 30.3 Å². The van der Waals surface area contributed by atoms with Crippen LogP contribution in [0.2, 0.25) is 0 Å². The third-order valence-corrected chi connectivity index (χ3v) is 5.69. The van der Waals surface area contributed by atoms with Gasteiger partial charge in [0.05, 0.1) is 6.04 Å². The van der Waals surface area contributed by atoms with E-state index in [1.807, 2.05) is 44.2 Å². The molecule has 3 N–H and O–H groups in total. The van der Waals surface area contributed by atoms with Gasteiger partial charge in [0.1, 0.15) is 6.04 Å². The van der Waals surface area contributed by atoms with Gasteiger partial charge in [0.15, 0.2) is 0 Å². The lowest BCUT2D eigenvalue weighted by Crippen LogP contribution is -2.52. The number of carbonyl (C=O) groups excluding carboxylic acids is 4. The summed E-state index contributed by atoms with van der Waals surface area (Å²) in [5.41, 5.74) is 1.05. The van der Waals surface area contributed by atoms with Crippen LogP contribution in [0.25, 0.3) is 0 Å². The minimum atomic E-state index is -0.874. The van der Waals surface area contributed by atoms with Crippen LogP contribution in [-0.2, 0) is 25.6 Å². The topological polar surface area (TPSA) is 104 Å². The molecule has 0 unspecified atom stereocenters. The number of hydrogen-bond donors (Lipinski definition) is 4. The molecule has 7 nitrogen and oxygen atoms in total. The van der Waals surface area contributed by atoms with Crippen LogP contribution < -0.4 is 16.0 Å². The van der Waals surface area contributed by atoms with Gasteiger partial charge in [0, 0.05) is 18.9 Å². The van der Waals surface area contributed by atoms with Crippen LogP contribution in [0.4, 0.5) is 0 Å². The van der Waals surface area contributed by atoms with E-state index in [2.05, 4.69) is 28.6 Å². The Morgan fingerprint density at radius 2 is 1.84 bits per heavy atom. The minimum Gasteiger partial charge on any atom is -0.356 e. The fourth-order valence-electron chi connectivity index (χ4n) is 3.71. The zero-order valence-electron chi connectivity index (χ0n) is 18.2. The quantitative estimate of drug-likeness (QED) is 0.390. The van der Waals surface area contributed by atoms with Gasteiger partial charge in [-0.3, -0.25) is 19.2 Å². The molecule has 0 aromatic heterocycles. The second kappa shape index (κ2) is 12.5. The number of thiol groups is 1. The van der Waals surface area contributed by atoms with E-state index in [0.29, 0.717) is 25.8 Å². The van der Waals surface area contributed by atoms with Gasteiger partial charge in [-0.1, -0.05) is 44.2 Å². The number of benzene rings is 1. The van der Waals surface area contributed by atoms with Crippen molar-refractivity contribution in [3.05, 3.63) is 35.9 Å². The first-order valence-electron chi connectivity index (χ1n) is 10.9. The Kier molecular flexibility index (Phi) is 10.0. The van der Waals surface area contributed by atoms with E-state index in [0.717, 1.165) is 12.0 Å². The number of hydrogen-bond acceptors (Lipinski definition) is 4. The maximum absolute atomic E-state index is 12.9. The molecule has 1 aromatic rings. The van der Waals surface area contributed by atoms with Crippen molar-refractivity contribution < 1.29 is 19.2 Å². The molecule has 8 heteroatoms. The molecule has 0 spiro atoms. The summed E-state index contributed by atoms with van der Waals surface area (Å²) in [6, 6.07) is 8.04. The van der Waals surface area contributed by atoms with Gasteiger partial charge in [0.25, 0.3) is 0 Å². The number of aryl methyl sites for hydroxylation is 1. The molecule has 3 atom stereocenters. The molecule has 1 saturated heterocycles. The zero-order chi connectivity index (χ0) is 22.8. The van der Waals surface area contributed by atoms with Crippen molar-refractivity contribution in [3.63, 3.8) is 0 Å². The summed E-state index contributed by atoms with van der Waals surface area (Å²) < 4.78 is 0. The fourth-order valence-corrected chi connectivity index (χ4v) is 3.88. The highest BCUT2D eigenvalue weighted by molar-refractivity contribution is 7.96. The van der Waals surface area contributed by atoms with Gasteiger partial charge in [-0.2, -0.15) is 0 Å². The van der Waals surface area contributed by atoms with E-state index in [9.17, 15) is 19.2 Å². The summed E-state index contributed by atoms with van der Waals surface area (Å²) in [5.74, 6) is -0.915. The van der Waals surface area contributed by atoms with E-state index >= 15 is 0 Å². The van der Waals surface area contributed by atoms with Crippen LogP contribution in [0.5, 0.6) is 0 Å². The molecule has 3 amide bonds. The molecular formula is C23H33N3O4S. The van der Waals surface area contributed by atoms with Gasteiger partial charge in [-0.05, 0) is 43.6 Å². The Balaban J connectivity index is 1.96. The van der Waals surface area contributed by atoms with Gasteiger partial charge < -0.3 is 16.0 Å². The summed E-state index contributed by atoms with van der Waals surface area (Å²) in [5, 5.41) is 7.81. The first-order valence-corrected chi connectivity index (χ1v) is 11.3. The third-order valence-electron chi connectivity index (χ3n) is 5.38. The van der Waals surface area contributed by atoms with E-state index in [1.165, 1.54) is 0 Å². The number of rotatable bonds is 11. The van der Waals surface area contributed by atoms with E-state index in [1.54, 1.807) is 0 Å². The van der Waals surface area contributed by atoms with Gasteiger partial charge >= 0.3 is 0 Å². The summed E-state index contributed by atoms with van der Waals surface area (Å²) >= 11 is 3.91. The summed E-state index contributed by atoms with van der Waals surface area (Å²) in [7, 11) is 0. The van der Waals surface area contributed by atoms with E-state index in [4.69, 9.17) is 0 Å². The van der Waals surface area contributed by atoms with Gasteiger partial charge in [-0.15, -0.1) is 12.6 Å². The van der Waals surface area contributed by atoms with Crippen LogP contribution in [0.1, 0.15) is 51.5 Å². The molecule has 0 radical (unpaired) electrons. The summed E-state index contributed by atoms with van der Waals surface area (Å²) in [6.07, 6.45) is 3.01. The highest BCUT2D eigenvalue weighted by Gasteiger charge is 2.31. The lowest BCUT2D eigenvalue weighted by atomic mass is 9.91. The molecule has 1 heterocycles. The van der Waals surface area contributed by atoms with Gasteiger partial charge in [0.2, 0.25) is 22.8 Å². The summed E-state index contributed by atoms with van der Waals surface area (Å²) in [4.78, 5) is 49.4. The molecule has 0 saturated carbocycles. The first kappa shape index (κ1) is 24.9. The maximum atomic E-state index is 12.9. The van der Waals surface area contributed by atoms with Crippen molar-refractivity contribution in [1.29, 1.82) is 0 Å². The molecule has 0 bridgehead atoms. The Hall–Kier alpha value is -2.35. The van der Waals surface area contributed by atoms with Crippen LogP contribution in [-0.4, -0.2) is 41.5 Å². The van der Waals surface area contributed by atoms with Crippen molar-refractivity contribution in [2.75, 3.05) is 6.54 Å².